The highest BCUT2D eigenvalue weighted by atomic mass is 79.9. The molecule has 0 heterocycles. The van der Waals surface area contributed by atoms with Gasteiger partial charge in [0, 0.05) is 0 Å². The van der Waals surface area contributed by atoms with Crippen molar-refractivity contribution in [2.75, 3.05) is 0 Å². The van der Waals surface area contributed by atoms with Crippen LogP contribution in [0.1, 0.15) is 5.56 Å². The summed E-state index contributed by atoms with van der Waals surface area (Å²) in [5.74, 6) is -6.69. The van der Waals surface area contributed by atoms with Gasteiger partial charge in [-0.15, -0.1) is 0 Å². The van der Waals surface area contributed by atoms with Gasteiger partial charge in [0.15, 0.2) is 23.3 Å². The predicted molar refractivity (Wildman–Crippen MR) is 38.8 cm³/mol. The standard InChI is InChI=1S/C7H2BrF5/c8-3-6(12)4(10)2(1-9)5(11)7(3)13/h1H2. The SMILES string of the molecule is FCc1c(F)c(F)c(Br)c(F)c1F. The number of hydrogen-bond acceptors (Lipinski definition) is 0. The van der Waals surface area contributed by atoms with Crippen LogP contribution in [0.3, 0.4) is 0 Å². The molecule has 0 radical (unpaired) electrons. The first-order valence-corrected chi connectivity index (χ1v) is 3.86. The van der Waals surface area contributed by atoms with E-state index in [0.717, 1.165) is 0 Å². The number of hydrogen-bond donors (Lipinski definition) is 0. The molecule has 0 amide bonds. The molecule has 0 fully saturated rings. The Bertz CT molecular complexity index is 320. The van der Waals surface area contributed by atoms with Crippen LogP contribution in [0.2, 0.25) is 0 Å². The quantitative estimate of drug-likeness (QED) is 0.412. The third-order valence-electron chi connectivity index (χ3n) is 1.43. The first-order chi connectivity index (χ1) is 6.00. The summed E-state index contributed by atoms with van der Waals surface area (Å²) in [6, 6.07) is 0. The van der Waals surface area contributed by atoms with E-state index in [1.165, 1.54) is 0 Å². The van der Waals surface area contributed by atoms with Crippen molar-refractivity contribution in [1.82, 2.24) is 0 Å². The van der Waals surface area contributed by atoms with Crippen LogP contribution in [-0.2, 0) is 6.67 Å². The van der Waals surface area contributed by atoms with Gasteiger partial charge in [-0.3, -0.25) is 0 Å². The maximum atomic E-state index is 12.7. The van der Waals surface area contributed by atoms with Gasteiger partial charge in [0.1, 0.15) is 6.67 Å². The number of rotatable bonds is 1. The van der Waals surface area contributed by atoms with Gasteiger partial charge in [0.2, 0.25) is 0 Å². The smallest absolute Gasteiger partial charge is 0.176 e. The van der Waals surface area contributed by atoms with E-state index in [9.17, 15) is 22.0 Å². The third-order valence-corrected chi connectivity index (χ3v) is 2.13. The van der Waals surface area contributed by atoms with Crippen LogP contribution in [0.25, 0.3) is 0 Å². The van der Waals surface area contributed by atoms with Crippen molar-refractivity contribution < 1.29 is 22.0 Å². The summed E-state index contributed by atoms with van der Waals surface area (Å²) in [7, 11) is 0. The molecule has 0 saturated carbocycles. The van der Waals surface area contributed by atoms with E-state index < -0.39 is 40.0 Å². The second kappa shape index (κ2) is 3.61. The molecule has 72 valence electrons. The summed E-state index contributed by atoms with van der Waals surface area (Å²) in [6.45, 7) is -1.60. The molecule has 0 nitrogen and oxygen atoms in total. The molecule has 0 aromatic heterocycles. The Hall–Kier alpha value is -0.650. The summed E-state index contributed by atoms with van der Waals surface area (Å²) >= 11 is 2.29. The van der Waals surface area contributed by atoms with E-state index in [-0.39, 0.29) is 0 Å². The molecule has 6 heteroatoms. The molecule has 1 rings (SSSR count). The molecule has 0 bridgehead atoms. The molecule has 1 aromatic rings. The van der Waals surface area contributed by atoms with Gasteiger partial charge in [-0.05, 0) is 15.9 Å². The van der Waals surface area contributed by atoms with Crippen molar-refractivity contribution in [3.8, 4) is 0 Å². The lowest BCUT2D eigenvalue weighted by Crippen LogP contribution is -2.02. The Morgan fingerprint density at radius 1 is 0.846 bits per heavy atom. The lowest BCUT2D eigenvalue weighted by Gasteiger charge is -2.04. The average Bonchev–Trinajstić information content (AvgIpc) is 2.13. The van der Waals surface area contributed by atoms with Gasteiger partial charge in [-0.2, -0.15) is 0 Å². The Morgan fingerprint density at radius 2 is 1.23 bits per heavy atom. The molecular formula is C7H2BrF5. The van der Waals surface area contributed by atoms with Crippen molar-refractivity contribution in [2.24, 2.45) is 0 Å². The second-order valence-electron chi connectivity index (χ2n) is 2.18. The van der Waals surface area contributed by atoms with Crippen LogP contribution < -0.4 is 0 Å². The lowest BCUT2D eigenvalue weighted by molar-refractivity contribution is 0.391. The number of benzene rings is 1. The molecule has 0 unspecified atom stereocenters. The van der Waals surface area contributed by atoms with Gasteiger partial charge < -0.3 is 0 Å². The van der Waals surface area contributed by atoms with Crippen LogP contribution in [0.15, 0.2) is 4.47 Å². The maximum absolute atomic E-state index is 12.7. The van der Waals surface area contributed by atoms with Crippen molar-refractivity contribution in [3.05, 3.63) is 33.3 Å². The van der Waals surface area contributed by atoms with E-state index >= 15 is 0 Å². The summed E-state index contributed by atoms with van der Waals surface area (Å²) in [6.07, 6.45) is 0. The van der Waals surface area contributed by atoms with Gasteiger partial charge in [0.05, 0.1) is 10.0 Å². The number of halogens is 6. The minimum Gasteiger partial charge on any atom is -0.246 e. The van der Waals surface area contributed by atoms with E-state index in [2.05, 4.69) is 15.9 Å². The van der Waals surface area contributed by atoms with Crippen LogP contribution in [0, 0.1) is 23.3 Å². The van der Waals surface area contributed by atoms with E-state index in [1.807, 2.05) is 0 Å². The molecule has 0 aliphatic carbocycles. The zero-order chi connectivity index (χ0) is 10.2. The molecule has 0 aliphatic rings. The average molecular weight is 261 g/mol. The highest BCUT2D eigenvalue weighted by Crippen LogP contribution is 2.28. The first kappa shape index (κ1) is 10.4. The highest BCUT2D eigenvalue weighted by molar-refractivity contribution is 9.10. The van der Waals surface area contributed by atoms with E-state index in [4.69, 9.17) is 0 Å². The number of alkyl halides is 1. The van der Waals surface area contributed by atoms with Crippen molar-refractivity contribution in [2.45, 2.75) is 6.67 Å². The Morgan fingerprint density at radius 3 is 1.54 bits per heavy atom. The Balaban J connectivity index is 3.56. The van der Waals surface area contributed by atoms with Crippen molar-refractivity contribution >= 4 is 15.9 Å². The summed E-state index contributed by atoms with van der Waals surface area (Å²) in [4.78, 5) is 0. The molecule has 13 heavy (non-hydrogen) atoms. The largest absolute Gasteiger partial charge is 0.246 e. The van der Waals surface area contributed by atoms with E-state index in [1.54, 1.807) is 0 Å². The van der Waals surface area contributed by atoms with Gasteiger partial charge in [-0.25, -0.2) is 22.0 Å². The zero-order valence-corrected chi connectivity index (χ0v) is 7.56. The minimum absolute atomic E-state index is 0.972. The van der Waals surface area contributed by atoms with Crippen molar-refractivity contribution in [1.29, 1.82) is 0 Å². The van der Waals surface area contributed by atoms with Gasteiger partial charge >= 0.3 is 0 Å². The second-order valence-corrected chi connectivity index (χ2v) is 2.98. The molecular weight excluding hydrogens is 259 g/mol. The zero-order valence-electron chi connectivity index (χ0n) is 5.97. The summed E-state index contributed by atoms with van der Waals surface area (Å²) in [5.41, 5.74) is -1.24. The van der Waals surface area contributed by atoms with Crippen LogP contribution >= 0.6 is 15.9 Å². The van der Waals surface area contributed by atoms with Crippen molar-refractivity contribution in [3.63, 3.8) is 0 Å². The van der Waals surface area contributed by atoms with Crippen LogP contribution in [-0.4, -0.2) is 0 Å². The topological polar surface area (TPSA) is 0 Å². The molecule has 0 atom stereocenters. The Kier molecular flexibility index (Phi) is 2.90. The highest BCUT2D eigenvalue weighted by Gasteiger charge is 2.23. The minimum atomic E-state index is -1.71. The van der Waals surface area contributed by atoms with Crippen LogP contribution in [0.5, 0.6) is 0 Å². The summed E-state index contributed by atoms with van der Waals surface area (Å²) < 4.78 is 61.5. The lowest BCUT2D eigenvalue weighted by atomic mass is 10.2. The monoisotopic (exact) mass is 260 g/mol. The fourth-order valence-electron chi connectivity index (χ4n) is 0.768. The molecule has 1 aromatic carbocycles. The molecule has 0 spiro atoms. The molecule has 0 saturated heterocycles. The first-order valence-electron chi connectivity index (χ1n) is 3.07. The predicted octanol–water partition coefficient (Wildman–Crippen LogP) is 3.48. The summed E-state index contributed by atoms with van der Waals surface area (Å²) in [5, 5.41) is 0. The molecule has 0 N–H and O–H groups in total. The third kappa shape index (κ3) is 1.54. The van der Waals surface area contributed by atoms with Crippen LogP contribution in [0.4, 0.5) is 22.0 Å². The van der Waals surface area contributed by atoms with Gasteiger partial charge in [0.25, 0.3) is 0 Å². The molecule has 0 aliphatic heterocycles. The fraction of sp³-hybridized carbons (Fsp3) is 0.143. The maximum Gasteiger partial charge on any atom is 0.176 e. The fourth-order valence-corrected chi connectivity index (χ4v) is 1.12. The normalized spacial score (nSPS) is 10.6. The van der Waals surface area contributed by atoms with E-state index in [0.29, 0.717) is 0 Å². The Labute approximate surface area is 78.5 Å². The van der Waals surface area contributed by atoms with Gasteiger partial charge in [-0.1, -0.05) is 0 Å².